The van der Waals surface area contributed by atoms with E-state index in [1.165, 1.54) is 0 Å². The van der Waals surface area contributed by atoms with Crippen LogP contribution in [-0.4, -0.2) is 12.2 Å². The zero-order valence-electron chi connectivity index (χ0n) is 14.7. The molecule has 0 saturated carbocycles. The normalized spacial score (nSPS) is 16.6. The maximum Gasteiger partial charge on any atom is 0.0951 e. The van der Waals surface area contributed by atoms with Gasteiger partial charge in [-0.15, -0.1) is 0 Å². The van der Waals surface area contributed by atoms with Crippen LogP contribution >= 0.6 is 0 Å². The van der Waals surface area contributed by atoms with E-state index >= 15 is 0 Å². The van der Waals surface area contributed by atoms with Crippen LogP contribution in [-0.2, 0) is 9.47 Å². The Labute approximate surface area is 126 Å². The molecule has 2 nitrogen and oxygen atoms in total. The van der Waals surface area contributed by atoms with E-state index in [1.807, 2.05) is 12.5 Å². The molecule has 0 aromatic rings. The topological polar surface area (TPSA) is 18.5 Å². The minimum absolute atomic E-state index is 0.174. The Balaban J connectivity index is 3.87. The quantitative estimate of drug-likeness (QED) is 0.558. The summed E-state index contributed by atoms with van der Waals surface area (Å²) in [6.07, 6.45) is 10.3. The van der Waals surface area contributed by atoms with E-state index in [-0.39, 0.29) is 23.0 Å². The Morgan fingerprint density at radius 2 is 1.00 bits per heavy atom. The first-order chi connectivity index (χ1) is 8.99. The van der Waals surface area contributed by atoms with Crippen molar-refractivity contribution in [2.24, 2.45) is 10.8 Å². The zero-order chi connectivity index (χ0) is 15.8. The summed E-state index contributed by atoms with van der Waals surface area (Å²) >= 11 is 0. The lowest BCUT2D eigenvalue weighted by Crippen LogP contribution is -2.11. The Hall–Kier alpha value is -0.920. The van der Waals surface area contributed by atoms with Gasteiger partial charge in [0.2, 0.25) is 0 Å². The third kappa shape index (κ3) is 13.5. The second-order valence-corrected chi connectivity index (χ2v) is 7.81. The first kappa shape index (κ1) is 19.1. The van der Waals surface area contributed by atoms with Gasteiger partial charge in [-0.05, 0) is 49.7 Å². The van der Waals surface area contributed by atoms with Gasteiger partial charge in [0.1, 0.15) is 0 Å². The highest BCUT2D eigenvalue weighted by Crippen LogP contribution is 2.17. The van der Waals surface area contributed by atoms with Gasteiger partial charge >= 0.3 is 0 Å². The summed E-state index contributed by atoms with van der Waals surface area (Å²) in [5.41, 5.74) is 0.349. The van der Waals surface area contributed by atoms with Gasteiger partial charge in [-0.1, -0.05) is 41.5 Å². The number of hydrogen-bond donors (Lipinski definition) is 0. The van der Waals surface area contributed by atoms with Gasteiger partial charge in [0.25, 0.3) is 0 Å². The van der Waals surface area contributed by atoms with E-state index in [9.17, 15) is 0 Å². The Kier molecular flexibility index (Phi) is 8.00. The van der Waals surface area contributed by atoms with Gasteiger partial charge in [0, 0.05) is 0 Å². The van der Waals surface area contributed by atoms with Gasteiger partial charge in [0.15, 0.2) is 0 Å². The van der Waals surface area contributed by atoms with Crippen LogP contribution in [0.1, 0.15) is 68.2 Å². The molecule has 0 aliphatic rings. The van der Waals surface area contributed by atoms with E-state index in [0.717, 1.165) is 12.8 Å². The van der Waals surface area contributed by atoms with Crippen LogP contribution in [0.5, 0.6) is 0 Å². The summed E-state index contributed by atoms with van der Waals surface area (Å²) in [7, 11) is 0. The number of allylic oxidation sites excluding steroid dienone is 2. The highest BCUT2D eigenvalue weighted by molar-refractivity contribution is 4.88. The van der Waals surface area contributed by atoms with Crippen LogP contribution in [0.15, 0.2) is 24.7 Å². The van der Waals surface area contributed by atoms with Crippen molar-refractivity contribution in [2.45, 2.75) is 80.4 Å². The molecular formula is C18H34O2. The molecule has 0 aliphatic carbocycles. The maximum atomic E-state index is 5.67. The molecule has 0 bridgehead atoms. The fourth-order valence-corrected chi connectivity index (χ4v) is 1.36. The largest absolute Gasteiger partial charge is 0.499 e. The smallest absolute Gasteiger partial charge is 0.0951 e. The van der Waals surface area contributed by atoms with Crippen molar-refractivity contribution in [1.82, 2.24) is 0 Å². The van der Waals surface area contributed by atoms with E-state index in [1.54, 1.807) is 0 Å². The molecule has 118 valence electrons. The lowest BCUT2D eigenvalue weighted by molar-refractivity contribution is 0.105. The fraction of sp³-hybridized carbons (Fsp3) is 0.778. The summed E-state index contributed by atoms with van der Waals surface area (Å²) in [5, 5.41) is 0. The standard InChI is InChI=1S/C18H34O2/c1-15(19-13-11-17(3,4)5)9-10-16(2)20-14-12-18(6,7)8/h11-16H,9-10H2,1-8H3. The van der Waals surface area contributed by atoms with E-state index in [0.29, 0.717) is 0 Å². The molecule has 0 amide bonds. The maximum absolute atomic E-state index is 5.67. The lowest BCUT2D eigenvalue weighted by atomic mass is 9.97. The van der Waals surface area contributed by atoms with Crippen LogP contribution in [0.25, 0.3) is 0 Å². The summed E-state index contributed by atoms with van der Waals surface area (Å²) in [4.78, 5) is 0. The van der Waals surface area contributed by atoms with Crippen LogP contribution in [0.2, 0.25) is 0 Å². The molecule has 0 spiro atoms. The average molecular weight is 282 g/mol. The predicted octanol–water partition coefficient (Wildman–Crippen LogP) is 5.70. The van der Waals surface area contributed by atoms with Crippen molar-refractivity contribution < 1.29 is 9.47 Å². The summed E-state index contributed by atoms with van der Waals surface area (Å²) in [6, 6.07) is 0. The Morgan fingerprint density at radius 3 is 1.25 bits per heavy atom. The third-order valence-corrected chi connectivity index (χ3v) is 2.74. The van der Waals surface area contributed by atoms with Gasteiger partial charge in [-0.3, -0.25) is 0 Å². The molecule has 0 aromatic heterocycles. The van der Waals surface area contributed by atoms with Gasteiger partial charge < -0.3 is 9.47 Å². The molecule has 0 rings (SSSR count). The van der Waals surface area contributed by atoms with Crippen molar-refractivity contribution in [1.29, 1.82) is 0 Å². The summed E-state index contributed by atoms with van der Waals surface area (Å²) < 4.78 is 11.3. The fourth-order valence-electron chi connectivity index (χ4n) is 1.36. The molecule has 0 radical (unpaired) electrons. The first-order valence-corrected chi connectivity index (χ1v) is 7.66. The van der Waals surface area contributed by atoms with Crippen molar-refractivity contribution >= 4 is 0 Å². The van der Waals surface area contributed by atoms with Crippen molar-refractivity contribution in [3.05, 3.63) is 24.7 Å². The van der Waals surface area contributed by atoms with Gasteiger partial charge in [0.05, 0.1) is 24.7 Å². The van der Waals surface area contributed by atoms with Gasteiger partial charge in [-0.25, -0.2) is 0 Å². The van der Waals surface area contributed by atoms with E-state index < -0.39 is 0 Å². The molecule has 0 aliphatic heterocycles. The predicted molar refractivity (Wildman–Crippen MR) is 87.5 cm³/mol. The van der Waals surface area contributed by atoms with Crippen LogP contribution in [0.4, 0.5) is 0 Å². The Morgan fingerprint density at radius 1 is 0.700 bits per heavy atom. The molecule has 0 fully saturated rings. The molecule has 2 unspecified atom stereocenters. The number of ether oxygens (including phenoxy) is 2. The molecule has 2 atom stereocenters. The van der Waals surface area contributed by atoms with E-state index in [2.05, 4.69) is 67.5 Å². The first-order valence-electron chi connectivity index (χ1n) is 7.66. The zero-order valence-corrected chi connectivity index (χ0v) is 14.7. The Bertz CT molecular complexity index is 270. The molecule has 0 saturated heterocycles. The summed E-state index contributed by atoms with van der Waals surface area (Å²) in [5.74, 6) is 0. The highest BCUT2D eigenvalue weighted by atomic mass is 16.5. The second-order valence-electron chi connectivity index (χ2n) is 7.81. The number of hydrogen-bond acceptors (Lipinski definition) is 2. The molecule has 0 aromatic carbocycles. The molecule has 20 heavy (non-hydrogen) atoms. The SMILES string of the molecule is CC(CCC(C)OC=CC(C)(C)C)OC=CC(C)(C)C. The van der Waals surface area contributed by atoms with E-state index in [4.69, 9.17) is 9.47 Å². The van der Waals surface area contributed by atoms with Crippen LogP contribution in [0.3, 0.4) is 0 Å². The van der Waals surface area contributed by atoms with Gasteiger partial charge in [-0.2, -0.15) is 0 Å². The van der Waals surface area contributed by atoms with Crippen molar-refractivity contribution in [3.63, 3.8) is 0 Å². The molecule has 2 heteroatoms. The van der Waals surface area contributed by atoms with Crippen molar-refractivity contribution in [3.8, 4) is 0 Å². The minimum atomic E-state index is 0.174. The minimum Gasteiger partial charge on any atom is -0.499 e. The third-order valence-electron chi connectivity index (χ3n) is 2.74. The lowest BCUT2D eigenvalue weighted by Gasteiger charge is -2.17. The average Bonchev–Trinajstić information content (AvgIpc) is 2.22. The summed E-state index contributed by atoms with van der Waals surface area (Å²) in [6.45, 7) is 17.2. The highest BCUT2D eigenvalue weighted by Gasteiger charge is 2.08. The molecule has 0 heterocycles. The molecular weight excluding hydrogens is 248 g/mol. The second kappa shape index (κ2) is 8.39. The van der Waals surface area contributed by atoms with Crippen molar-refractivity contribution in [2.75, 3.05) is 0 Å². The van der Waals surface area contributed by atoms with Crippen LogP contribution < -0.4 is 0 Å². The monoisotopic (exact) mass is 282 g/mol. The molecule has 0 N–H and O–H groups in total. The number of rotatable bonds is 7. The van der Waals surface area contributed by atoms with Crippen LogP contribution in [0, 0.1) is 10.8 Å².